The monoisotopic (exact) mass is 419 g/mol. The summed E-state index contributed by atoms with van der Waals surface area (Å²) in [4.78, 5) is 18.6. The lowest BCUT2D eigenvalue weighted by Crippen LogP contribution is -2.35. The Morgan fingerprint density at radius 3 is 2.45 bits per heavy atom. The zero-order valence-electron chi connectivity index (χ0n) is 17.6. The maximum absolute atomic E-state index is 12.8. The number of rotatable bonds is 4. The molecule has 0 spiro atoms. The molecule has 1 aliphatic heterocycles. The van der Waals surface area contributed by atoms with Gasteiger partial charge in [-0.3, -0.25) is 0 Å². The number of aliphatic hydroxyl groups is 1. The van der Waals surface area contributed by atoms with Crippen LogP contribution in [0.15, 0.2) is 53.1 Å². The fraction of sp³-hybridized carbons (Fsp3) is 0.375. The summed E-state index contributed by atoms with van der Waals surface area (Å²) in [5.41, 5.74) is 3.37. The second kappa shape index (κ2) is 7.50. The maximum atomic E-state index is 12.8. The van der Waals surface area contributed by atoms with Crippen LogP contribution in [0.3, 0.4) is 0 Å². The molecule has 2 aromatic carbocycles. The topological polar surface area (TPSA) is 88.7 Å². The molecule has 31 heavy (non-hydrogen) atoms. The van der Waals surface area contributed by atoms with Crippen LogP contribution in [0, 0.1) is 0 Å². The Morgan fingerprint density at radius 2 is 1.84 bits per heavy atom. The number of benzene rings is 2. The first-order chi connectivity index (χ1) is 15.0. The van der Waals surface area contributed by atoms with E-state index in [1.54, 1.807) is 0 Å². The summed E-state index contributed by atoms with van der Waals surface area (Å²) in [6, 6.07) is 16.5. The van der Waals surface area contributed by atoms with Crippen molar-refractivity contribution in [3.63, 3.8) is 0 Å². The van der Waals surface area contributed by atoms with Gasteiger partial charge in [-0.2, -0.15) is 4.98 Å². The van der Waals surface area contributed by atoms with E-state index >= 15 is 0 Å². The fourth-order valence-corrected chi connectivity index (χ4v) is 4.47. The highest BCUT2D eigenvalue weighted by Crippen LogP contribution is 2.44. The quantitative estimate of drug-likeness (QED) is 0.687. The average Bonchev–Trinajstić information content (AvgIpc) is 3.49. The first kappa shape index (κ1) is 19.8. The van der Waals surface area contributed by atoms with Crippen LogP contribution < -0.4 is 0 Å². The van der Waals surface area contributed by atoms with Crippen molar-refractivity contribution in [1.82, 2.24) is 15.0 Å². The van der Waals surface area contributed by atoms with Gasteiger partial charge in [-0.25, -0.2) is 4.79 Å². The van der Waals surface area contributed by atoms with Gasteiger partial charge in [-0.1, -0.05) is 67.5 Å². The summed E-state index contributed by atoms with van der Waals surface area (Å²) in [5, 5.41) is 14.9. The van der Waals surface area contributed by atoms with E-state index < -0.39 is 11.7 Å². The van der Waals surface area contributed by atoms with Crippen LogP contribution >= 0.6 is 0 Å². The van der Waals surface area contributed by atoms with Crippen molar-refractivity contribution >= 4 is 6.09 Å². The van der Waals surface area contributed by atoms with Gasteiger partial charge in [0.2, 0.25) is 0 Å². The highest BCUT2D eigenvalue weighted by Gasteiger charge is 2.45. The lowest BCUT2D eigenvalue weighted by molar-refractivity contribution is 0.0123. The van der Waals surface area contributed by atoms with Crippen molar-refractivity contribution in [1.29, 1.82) is 0 Å². The van der Waals surface area contributed by atoms with Crippen LogP contribution in [0.4, 0.5) is 4.79 Å². The summed E-state index contributed by atoms with van der Waals surface area (Å²) in [6.07, 6.45) is -0.113. The van der Waals surface area contributed by atoms with Gasteiger partial charge in [0.05, 0.1) is 6.54 Å². The maximum Gasteiger partial charge on any atom is 0.409 e. The minimum atomic E-state index is -1.34. The highest BCUT2D eigenvalue weighted by molar-refractivity contribution is 5.79. The number of hydrogen-bond acceptors (Lipinski definition) is 6. The molecule has 7 nitrogen and oxygen atoms in total. The van der Waals surface area contributed by atoms with Crippen molar-refractivity contribution in [3.05, 3.63) is 71.4 Å². The van der Waals surface area contributed by atoms with Gasteiger partial charge in [-0.05, 0) is 22.3 Å². The van der Waals surface area contributed by atoms with E-state index in [0.29, 0.717) is 18.8 Å². The Balaban J connectivity index is 1.27. The molecule has 2 aliphatic rings. The van der Waals surface area contributed by atoms with E-state index in [0.717, 1.165) is 0 Å². The molecule has 0 saturated carbocycles. The van der Waals surface area contributed by atoms with Crippen molar-refractivity contribution in [2.75, 3.05) is 19.7 Å². The number of ether oxygens (including phenoxy) is 1. The van der Waals surface area contributed by atoms with Crippen molar-refractivity contribution in [2.45, 2.75) is 37.7 Å². The lowest BCUT2D eigenvalue weighted by Gasteiger charge is -2.21. The predicted molar refractivity (Wildman–Crippen MR) is 114 cm³/mol. The number of aromatic nitrogens is 2. The molecule has 160 valence electrons. The van der Waals surface area contributed by atoms with Crippen molar-refractivity contribution < 1.29 is 19.2 Å². The predicted octanol–water partition coefficient (Wildman–Crippen LogP) is 4.04. The third-order valence-electron chi connectivity index (χ3n) is 6.20. The summed E-state index contributed by atoms with van der Waals surface area (Å²) in [6.45, 7) is 4.60. The standard InChI is InChI=1S/C24H25N3O4/c1-15(2)21-25-22(31-26-21)24(29)11-12-27(14-24)23(28)30-13-20-18-9-5-3-7-16(18)17-8-4-6-10-19(17)20/h3-10,15,20,29H,11-14H2,1-2H3. The molecule has 5 rings (SSSR count). The molecule has 1 amide bonds. The zero-order valence-corrected chi connectivity index (χ0v) is 17.6. The minimum absolute atomic E-state index is 0.00220. The summed E-state index contributed by atoms with van der Waals surface area (Å²) in [7, 11) is 0. The average molecular weight is 419 g/mol. The Bertz CT molecular complexity index is 1080. The van der Waals surface area contributed by atoms with E-state index in [1.807, 2.05) is 38.1 Å². The number of fused-ring (bicyclic) bond motifs is 3. The molecular formula is C24H25N3O4. The summed E-state index contributed by atoms with van der Waals surface area (Å²) in [5.74, 6) is 0.802. The summed E-state index contributed by atoms with van der Waals surface area (Å²) < 4.78 is 11.0. The smallest absolute Gasteiger partial charge is 0.409 e. The number of β-amino-alcohol motifs (C(OH)–C–C–N with tert-alkyl or cyclic N) is 1. The van der Waals surface area contributed by atoms with Crippen molar-refractivity contribution in [2.24, 2.45) is 0 Å². The molecule has 1 aromatic heterocycles. The molecule has 1 atom stereocenters. The second-order valence-electron chi connectivity index (χ2n) is 8.62. The largest absolute Gasteiger partial charge is 0.448 e. The Morgan fingerprint density at radius 1 is 1.19 bits per heavy atom. The summed E-state index contributed by atoms with van der Waals surface area (Å²) >= 11 is 0. The number of hydrogen-bond donors (Lipinski definition) is 1. The van der Waals surface area contributed by atoms with Crippen LogP contribution in [-0.4, -0.2) is 45.9 Å². The molecule has 7 heteroatoms. The lowest BCUT2D eigenvalue weighted by atomic mass is 9.98. The van der Waals surface area contributed by atoms with Gasteiger partial charge in [0, 0.05) is 24.8 Å². The van der Waals surface area contributed by atoms with Crippen LogP contribution in [0.1, 0.15) is 54.9 Å². The van der Waals surface area contributed by atoms with Gasteiger partial charge >= 0.3 is 6.09 Å². The molecule has 0 radical (unpaired) electrons. The number of carbonyl (C=O) groups is 1. The van der Waals surface area contributed by atoms with E-state index in [1.165, 1.54) is 27.2 Å². The first-order valence-electron chi connectivity index (χ1n) is 10.6. The van der Waals surface area contributed by atoms with Crippen LogP contribution in [0.5, 0.6) is 0 Å². The van der Waals surface area contributed by atoms with Gasteiger partial charge in [0.25, 0.3) is 5.89 Å². The van der Waals surface area contributed by atoms with Crippen LogP contribution in [0.2, 0.25) is 0 Å². The SMILES string of the molecule is CC(C)c1noc(C2(O)CCN(C(=O)OCC3c4ccccc4-c4ccccc43)C2)n1. The van der Waals surface area contributed by atoms with Crippen LogP contribution in [0.25, 0.3) is 11.1 Å². The van der Waals surface area contributed by atoms with Gasteiger partial charge in [-0.15, -0.1) is 0 Å². The molecule has 0 bridgehead atoms. The van der Waals surface area contributed by atoms with Gasteiger partial charge in [0.15, 0.2) is 11.4 Å². The van der Waals surface area contributed by atoms with Crippen molar-refractivity contribution in [3.8, 4) is 11.1 Å². The molecule has 1 N–H and O–H groups in total. The molecular weight excluding hydrogens is 394 g/mol. The third-order valence-corrected chi connectivity index (χ3v) is 6.20. The Kier molecular flexibility index (Phi) is 4.78. The van der Waals surface area contributed by atoms with Gasteiger partial charge in [0.1, 0.15) is 6.61 Å². The van der Waals surface area contributed by atoms with Gasteiger partial charge < -0.3 is 19.3 Å². The van der Waals surface area contributed by atoms with E-state index in [9.17, 15) is 9.90 Å². The van der Waals surface area contributed by atoms with E-state index in [-0.39, 0.29) is 30.9 Å². The molecule has 3 aromatic rings. The first-order valence-corrected chi connectivity index (χ1v) is 10.6. The second-order valence-corrected chi connectivity index (χ2v) is 8.62. The molecule has 1 aliphatic carbocycles. The molecule has 1 unspecified atom stereocenters. The number of carbonyl (C=O) groups excluding carboxylic acids is 1. The Hall–Kier alpha value is -3.19. The highest BCUT2D eigenvalue weighted by atomic mass is 16.6. The van der Waals surface area contributed by atoms with E-state index in [2.05, 4.69) is 34.4 Å². The Labute approximate surface area is 180 Å². The molecule has 1 saturated heterocycles. The minimum Gasteiger partial charge on any atom is -0.448 e. The number of likely N-dealkylation sites (tertiary alicyclic amines) is 1. The number of amides is 1. The number of nitrogens with zero attached hydrogens (tertiary/aromatic N) is 3. The molecule has 1 fully saturated rings. The van der Waals surface area contributed by atoms with Crippen LogP contribution in [-0.2, 0) is 10.3 Å². The normalized spacial score (nSPS) is 20.2. The zero-order chi connectivity index (χ0) is 21.6. The van der Waals surface area contributed by atoms with E-state index in [4.69, 9.17) is 9.26 Å². The third kappa shape index (κ3) is 3.39. The fourth-order valence-electron chi connectivity index (χ4n) is 4.47. The molecule has 2 heterocycles.